The molecule has 0 aromatic carbocycles. The third kappa shape index (κ3) is 3.31. The molecule has 0 bridgehead atoms. The second kappa shape index (κ2) is 5.65. The van der Waals surface area contributed by atoms with E-state index in [-0.39, 0.29) is 12.4 Å². The molecule has 4 heteroatoms. The van der Waals surface area contributed by atoms with Crippen molar-refractivity contribution in [1.29, 1.82) is 0 Å². The fraction of sp³-hybridized carbons (Fsp3) is 0.0769. The van der Waals surface area contributed by atoms with Gasteiger partial charge in [0.2, 0.25) is 0 Å². The predicted molar refractivity (Wildman–Crippen MR) is 63.1 cm³/mol. The van der Waals surface area contributed by atoms with Gasteiger partial charge in [-0.15, -0.1) is 0 Å². The fourth-order valence-electron chi connectivity index (χ4n) is 1.26. The van der Waals surface area contributed by atoms with E-state index >= 15 is 0 Å². The monoisotopic (exact) mass is 229 g/mol. The molecule has 1 aliphatic heterocycles. The van der Waals surface area contributed by atoms with Gasteiger partial charge in [-0.1, -0.05) is 6.08 Å². The van der Waals surface area contributed by atoms with Gasteiger partial charge in [0.25, 0.3) is 0 Å². The molecule has 17 heavy (non-hydrogen) atoms. The van der Waals surface area contributed by atoms with Crippen LogP contribution in [0.3, 0.4) is 0 Å². The molecule has 86 valence electrons. The Balaban J connectivity index is 2.26. The smallest absolute Gasteiger partial charge is 0.193 e. The normalized spacial score (nSPS) is 15.2. The summed E-state index contributed by atoms with van der Waals surface area (Å²) >= 11 is 0. The zero-order valence-electron chi connectivity index (χ0n) is 9.08. The lowest BCUT2D eigenvalue weighted by Crippen LogP contribution is -2.09. The number of ketones is 1. The summed E-state index contributed by atoms with van der Waals surface area (Å²) in [5, 5.41) is 0. The molecular weight excluding hydrogens is 218 g/mol. The minimum absolute atomic E-state index is 0.00997. The van der Waals surface area contributed by atoms with Crippen molar-refractivity contribution in [3.8, 4) is 5.75 Å². The maximum Gasteiger partial charge on any atom is 0.193 e. The van der Waals surface area contributed by atoms with Crippen molar-refractivity contribution in [2.75, 3.05) is 6.61 Å². The number of nitrogens with zero attached hydrogens (tertiary/aromatic N) is 1. The molecule has 1 aromatic rings. The van der Waals surface area contributed by atoms with Crippen molar-refractivity contribution < 1.29 is 14.3 Å². The van der Waals surface area contributed by atoms with Crippen LogP contribution in [0.4, 0.5) is 0 Å². The molecule has 0 saturated heterocycles. The van der Waals surface area contributed by atoms with Crippen molar-refractivity contribution >= 4 is 11.9 Å². The zero-order valence-corrected chi connectivity index (χ0v) is 9.08. The maximum atomic E-state index is 11.4. The van der Waals surface area contributed by atoms with Crippen molar-refractivity contribution in [1.82, 2.24) is 4.98 Å². The van der Waals surface area contributed by atoms with Crippen LogP contribution in [-0.4, -0.2) is 17.4 Å². The molecule has 0 aliphatic carbocycles. The Morgan fingerprint density at radius 2 is 2.12 bits per heavy atom. The Hall–Kier alpha value is -2.36. The number of hydrogen-bond donors (Lipinski definition) is 0. The van der Waals surface area contributed by atoms with E-state index in [1.165, 1.54) is 18.6 Å². The molecule has 0 unspecified atom stereocenters. The molecule has 0 radical (unpaired) electrons. The number of carbonyl (C=O) groups excluding carboxylic acids is 1. The second-order valence-corrected chi connectivity index (χ2v) is 3.29. The molecule has 0 amide bonds. The number of rotatable bonds is 0. The number of hydrogen-bond acceptors (Lipinski definition) is 4. The number of ether oxygens (including phenoxy) is 2. The van der Waals surface area contributed by atoms with Gasteiger partial charge in [0, 0.05) is 18.0 Å². The van der Waals surface area contributed by atoms with Crippen LogP contribution >= 0.6 is 0 Å². The molecule has 0 spiro atoms. The molecule has 1 aromatic heterocycles. The predicted octanol–water partition coefficient (Wildman–Crippen LogP) is 2.10. The summed E-state index contributed by atoms with van der Waals surface area (Å²) in [6.07, 6.45) is 12.7. The van der Waals surface area contributed by atoms with E-state index in [1.807, 2.05) is 0 Å². The van der Waals surface area contributed by atoms with Gasteiger partial charge in [0.1, 0.15) is 5.75 Å². The summed E-state index contributed by atoms with van der Waals surface area (Å²) in [7, 11) is 0. The van der Waals surface area contributed by atoms with Crippen LogP contribution in [0, 0.1) is 0 Å². The molecule has 0 saturated carbocycles. The Labute approximate surface area is 98.9 Å². The first-order valence-electron chi connectivity index (χ1n) is 5.11. The Morgan fingerprint density at radius 3 is 3.06 bits per heavy atom. The topological polar surface area (TPSA) is 48.4 Å². The standard InChI is InChI=1S/C13H11NO3/c15-12-3-1-2-7-16-8-5-11-9-14-6-4-13(11)17-10-12/h1-9H,10H2. The van der Waals surface area contributed by atoms with Gasteiger partial charge in [-0.05, 0) is 24.3 Å². The molecule has 1 aliphatic rings. The van der Waals surface area contributed by atoms with Gasteiger partial charge in [-0.25, -0.2) is 0 Å². The van der Waals surface area contributed by atoms with Crippen LogP contribution < -0.4 is 4.74 Å². The van der Waals surface area contributed by atoms with E-state index < -0.39 is 0 Å². The van der Waals surface area contributed by atoms with Crippen molar-refractivity contribution in [3.05, 3.63) is 54.8 Å². The molecule has 0 N–H and O–H groups in total. The van der Waals surface area contributed by atoms with E-state index in [0.29, 0.717) is 5.75 Å². The van der Waals surface area contributed by atoms with Gasteiger partial charge in [0.15, 0.2) is 12.4 Å². The molecule has 4 nitrogen and oxygen atoms in total. The average Bonchev–Trinajstić information content (AvgIpc) is 2.34. The van der Waals surface area contributed by atoms with Gasteiger partial charge in [0.05, 0.1) is 12.5 Å². The first kappa shape index (κ1) is 11.1. The SMILES string of the molecule is O=C1C=CC=COC=Cc2cnccc2OC1. The third-order valence-corrected chi connectivity index (χ3v) is 2.06. The highest BCUT2D eigenvalue weighted by Gasteiger charge is 2.03. The highest BCUT2D eigenvalue weighted by atomic mass is 16.5. The van der Waals surface area contributed by atoms with Crippen molar-refractivity contribution in [2.45, 2.75) is 0 Å². The lowest BCUT2D eigenvalue weighted by Gasteiger charge is -2.06. The summed E-state index contributed by atoms with van der Waals surface area (Å²) in [4.78, 5) is 15.4. The molecule has 0 fully saturated rings. The van der Waals surface area contributed by atoms with Gasteiger partial charge in [-0.2, -0.15) is 0 Å². The minimum atomic E-state index is -0.109. The van der Waals surface area contributed by atoms with Crippen LogP contribution in [0.2, 0.25) is 0 Å². The van der Waals surface area contributed by atoms with Gasteiger partial charge < -0.3 is 9.47 Å². The van der Waals surface area contributed by atoms with Crippen LogP contribution in [-0.2, 0) is 9.53 Å². The highest BCUT2D eigenvalue weighted by molar-refractivity contribution is 5.91. The lowest BCUT2D eigenvalue weighted by molar-refractivity contribution is -0.116. The maximum absolute atomic E-state index is 11.4. The minimum Gasteiger partial charge on any atom is -0.485 e. The lowest BCUT2D eigenvalue weighted by atomic mass is 10.2. The third-order valence-electron chi connectivity index (χ3n) is 2.06. The van der Waals surface area contributed by atoms with Crippen LogP contribution in [0.15, 0.2) is 49.2 Å². The summed E-state index contributed by atoms with van der Waals surface area (Å²) in [6, 6.07) is 1.71. The highest BCUT2D eigenvalue weighted by Crippen LogP contribution is 2.18. The Bertz CT molecular complexity index is 489. The largest absolute Gasteiger partial charge is 0.485 e. The second-order valence-electron chi connectivity index (χ2n) is 3.29. The summed E-state index contributed by atoms with van der Waals surface area (Å²) < 4.78 is 10.5. The van der Waals surface area contributed by atoms with Crippen LogP contribution in [0.1, 0.15) is 5.56 Å². The first-order valence-corrected chi connectivity index (χ1v) is 5.11. The van der Waals surface area contributed by atoms with Crippen molar-refractivity contribution in [2.24, 2.45) is 0 Å². The number of allylic oxidation sites excluding steroid dienone is 2. The van der Waals surface area contributed by atoms with E-state index in [4.69, 9.17) is 9.47 Å². The number of aromatic nitrogens is 1. The average molecular weight is 229 g/mol. The Morgan fingerprint density at radius 1 is 1.18 bits per heavy atom. The number of fused-ring (bicyclic) bond motifs is 1. The molecule has 2 rings (SSSR count). The fourth-order valence-corrected chi connectivity index (χ4v) is 1.26. The zero-order chi connectivity index (χ0) is 11.9. The van der Waals surface area contributed by atoms with Crippen LogP contribution in [0.5, 0.6) is 5.75 Å². The first-order chi connectivity index (χ1) is 8.36. The summed E-state index contributed by atoms with van der Waals surface area (Å²) in [5.41, 5.74) is 0.762. The Kier molecular flexibility index (Phi) is 3.70. The van der Waals surface area contributed by atoms with E-state index in [2.05, 4.69) is 4.98 Å². The molecule has 0 atom stereocenters. The van der Waals surface area contributed by atoms with E-state index in [1.54, 1.807) is 36.7 Å². The van der Waals surface area contributed by atoms with Crippen LogP contribution in [0.25, 0.3) is 6.08 Å². The summed E-state index contributed by atoms with van der Waals surface area (Å²) in [6.45, 7) is 0.00997. The van der Waals surface area contributed by atoms with Crippen molar-refractivity contribution in [3.63, 3.8) is 0 Å². The van der Waals surface area contributed by atoms with Gasteiger partial charge >= 0.3 is 0 Å². The number of pyridine rings is 1. The van der Waals surface area contributed by atoms with Gasteiger partial charge in [-0.3, -0.25) is 9.78 Å². The van der Waals surface area contributed by atoms with E-state index in [0.717, 1.165) is 5.56 Å². The summed E-state index contributed by atoms with van der Waals surface area (Å²) in [5.74, 6) is 0.494. The molecular formula is C13H11NO3. The quantitative estimate of drug-likeness (QED) is 0.683. The van der Waals surface area contributed by atoms with E-state index in [9.17, 15) is 4.79 Å². The number of carbonyl (C=O) groups is 1. The molecule has 2 heterocycles.